The molecule has 0 amide bonds. The molecule has 3 aromatic heterocycles. The molecule has 0 aliphatic heterocycles. The number of hydrogen-bond donors (Lipinski definition) is 0. The van der Waals surface area contributed by atoms with E-state index in [4.69, 9.17) is 4.98 Å². The van der Waals surface area contributed by atoms with E-state index in [2.05, 4.69) is 17.1 Å². The van der Waals surface area contributed by atoms with Gasteiger partial charge in [0.1, 0.15) is 21.4 Å². The summed E-state index contributed by atoms with van der Waals surface area (Å²) in [6, 6.07) is 11.8. The molecular weight excluding hydrogens is 406 g/mol. The van der Waals surface area contributed by atoms with Gasteiger partial charge >= 0.3 is 0 Å². The number of pyridine rings is 1. The molecule has 3 heterocycles. The summed E-state index contributed by atoms with van der Waals surface area (Å²) >= 11 is 1.39. The Hall–Kier alpha value is -3.71. The highest BCUT2D eigenvalue weighted by Gasteiger charge is 2.20. The van der Waals surface area contributed by atoms with Crippen molar-refractivity contribution in [1.82, 2.24) is 14.6 Å². The predicted molar refractivity (Wildman–Crippen MR) is 129 cm³/mol. The van der Waals surface area contributed by atoms with Gasteiger partial charge in [0.2, 0.25) is 0 Å². The van der Waals surface area contributed by atoms with Crippen molar-refractivity contribution in [3.05, 3.63) is 95.4 Å². The van der Waals surface area contributed by atoms with Gasteiger partial charge in [0.15, 0.2) is 0 Å². The minimum atomic E-state index is -0.121. The van der Waals surface area contributed by atoms with E-state index in [-0.39, 0.29) is 5.56 Å². The average molecular weight is 428 g/mol. The van der Waals surface area contributed by atoms with Crippen LogP contribution in [-0.2, 0) is 0 Å². The molecule has 0 saturated heterocycles. The maximum atomic E-state index is 13.7. The summed E-state index contributed by atoms with van der Waals surface area (Å²) in [6.07, 6.45) is 14.4. The van der Waals surface area contributed by atoms with E-state index in [1.165, 1.54) is 11.3 Å². The topological polar surface area (TPSA) is 54.3 Å². The molecule has 1 aliphatic carbocycles. The number of rotatable bonds is 4. The second kappa shape index (κ2) is 7.85. The summed E-state index contributed by atoms with van der Waals surface area (Å²) in [6.45, 7) is 0. The van der Waals surface area contributed by atoms with Gasteiger partial charge in [0.25, 0.3) is 5.56 Å². The zero-order valence-corrected chi connectivity index (χ0v) is 18.1. The second-order valence-electron chi connectivity index (χ2n) is 7.38. The summed E-state index contributed by atoms with van der Waals surface area (Å²) in [5.74, 6) is 0. The van der Waals surface area contributed by atoms with Gasteiger partial charge in [0.05, 0.1) is 22.5 Å². The highest BCUT2D eigenvalue weighted by atomic mass is 32.1. The van der Waals surface area contributed by atoms with E-state index in [9.17, 15) is 4.79 Å². The highest BCUT2D eigenvalue weighted by molar-refractivity contribution is 7.25. The van der Waals surface area contributed by atoms with Crippen LogP contribution in [0.1, 0.15) is 6.42 Å². The van der Waals surface area contributed by atoms with E-state index in [1.807, 2.05) is 78.6 Å². The molecule has 0 spiro atoms. The molecule has 0 unspecified atom stereocenters. The van der Waals surface area contributed by atoms with Crippen LogP contribution in [0, 0.1) is 0 Å². The Bertz CT molecular complexity index is 1410. The van der Waals surface area contributed by atoms with Crippen molar-refractivity contribution in [3.8, 4) is 0 Å². The number of nitrogens with zero attached hydrogens (tertiary/aromatic N) is 5. The number of thiophene rings is 1. The lowest BCUT2D eigenvalue weighted by atomic mass is 10.2. The first-order chi connectivity index (χ1) is 15.1. The first-order valence-electron chi connectivity index (χ1n) is 10.00. The minimum absolute atomic E-state index is 0.121. The zero-order valence-electron chi connectivity index (χ0n) is 17.3. The number of fused-ring (bicyclic) bond motifs is 3. The van der Waals surface area contributed by atoms with Crippen molar-refractivity contribution >= 4 is 43.1 Å². The van der Waals surface area contributed by atoms with Crippen LogP contribution >= 0.6 is 11.3 Å². The fraction of sp³-hybridized carbons (Fsp3) is 0.125. The quantitative estimate of drug-likeness (QED) is 0.471. The minimum Gasteiger partial charge on any atom is -0.377 e. The monoisotopic (exact) mass is 427 g/mol. The largest absolute Gasteiger partial charge is 0.377 e. The van der Waals surface area contributed by atoms with Gasteiger partial charge in [-0.2, -0.15) is 0 Å². The van der Waals surface area contributed by atoms with Crippen LogP contribution in [0.15, 0.2) is 89.8 Å². The third-order valence-electron chi connectivity index (χ3n) is 5.15. The zero-order chi connectivity index (χ0) is 21.4. The Morgan fingerprint density at radius 1 is 1.06 bits per heavy atom. The predicted octanol–water partition coefficient (Wildman–Crippen LogP) is 4.74. The fourth-order valence-corrected chi connectivity index (χ4v) is 4.76. The van der Waals surface area contributed by atoms with Crippen LogP contribution in [0.25, 0.3) is 20.4 Å². The lowest BCUT2D eigenvalue weighted by Gasteiger charge is -2.26. The van der Waals surface area contributed by atoms with E-state index >= 15 is 0 Å². The van der Waals surface area contributed by atoms with Gasteiger partial charge in [-0.1, -0.05) is 36.4 Å². The smallest absolute Gasteiger partial charge is 0.290 e. The molecule has 154 valence electrons. The molecule has 0 saturated carbocycles. The van der Waals surface area contributed by atoms with E-state index < -0.39 is 0 Å². The summed E-state index contributed by atoms with van der Waals surface area (Å²) in [5.41, 5.74) is 3.34. The van der Waals surface area contributed by atoms with Gasteiger partial charge in [-0.05, 0) is 36.8 Å². The first-order valence-corrected chi connectivity index (χ1v) is 10.8. The molecule has 4 aromatic rings. The molecular formula is C24H21N5OS. The maximum Gasteiger partial charge on any atom is 0.290 e. The molecule has 5 rings (SSSR count). The molecule has 0 bridgehead atoms. The molecule has 0 N–H and O–H groups in total. The molecule has 0 radical (unpaired) electrons. The Morgan fingerprint density at radius 2 is 1.90 bits per heavy atom. The lowest BCUT2D eigenvalue weighted by molar-refractivity contribution is 0.740. The van der Waals surface area contributed by atoms with Gasteiger partial charge in [-0.25, -0.2) is 19.7 Å². The lowest BCUT2D eigenvalue weighted by Crippen LogP contribution is -2.37. The maximum absolute atomic E-state index is 13.7. The van der Waals surface area contributed by atoms with Crippen molar-refractivity contribution in [3.63, 3.8) is 0 Å². The molecule has 31 heavy (non-hydrogen) atoms. The van der Waals surface area contributed by atoms with Gasteiger partial charge in [0, 0.05) is 20.3 Å². The molecule has 7 heteroatoms. The third kappa shape index (κ3) is 3.33. The van der Waals surface area contributed by atoms with Crippen LogP contribution in [-0.4, -0.2) is 28.7 Å². The van der Waals surface area contributed by atoms with Crippen molar-refractivity contribution < 1.29 is 0 Å². The number of anilines is 2. The van der Waals surface area contributed by atoms with Crippen LogP contribution in [0.5, 0.6) is 0 Å². The Balaban J connectivity index is 1.78. The Morgan fingerprint density at radius 3 is 2.71 bits per heavy atom. The summed E-state index contributed by atoms with van der Waals surface area (Å²) in [5, 5.41) is 2.81. The van der Waals surface area contributed by atoms with Crippen LogP contribution in [0.4, 0.5) is 11.4 Å². The van der Waals surface area contributed by atoms with Crippen LogP contribution in [0.3, 0.4) is 0 Å². The Kier molecular flexibility index (Phi) is 4.88. The van der Waals surface area contributed by atoms with Crippen molar-refractivity contribution in [1.29, 1.82) is 0 Å². The van der Waals surface area contributed by atoms with E-state index in [1.54, 1.807) is 17.2 Å². The van der Waals surface area contributed by atoms with Gasteiger partial charge in [-0.3, -0.25) is 4.79 Å². The number of allylic oxidation sites excluding steroid dienone is 5. The summed E-state index contributed by atoms with van der Waals surface area (Å²) in [4.78, 5) is 25.8. The third-order valence-corrected chi connectivity index (χ3v) is 6.22. The molecule has 1 aliphatic rings. The highest BCUT2D eigenvalue weighted by Crippen LogP contribution is 2.35. The number of hydrogen-bond acceptors (Lipinski definition) is 6. The number of aromatic nitrogens is 3. The van der Waals surface area contributed by atoms with Crippen LogP contribution < -0.4 is 15.5 Å². The molecule has 0 atom stereocenters. The second-order valence-corrected chi connectivity index (χ2v) is 8.38. The van der Waals surface area contributed by atoms with E-state index in [0.29, 0.717) is 10.2 Å². The standard InChI is InChI=1S/C24H21N5OS/c1-27(2)19-14-15-25-23-20(19)21-22(31-23)24(30)28(16-26-21)29(18-12-8-5-9-13-18)17-10-6-3-4-7-11-17/h3,5-16H,4H2,1-2H3. The van der Waals surface area contributed by atoms with Crippen molar-refractivity contribution in [2.24, 2.45) is 0 Å². The summed E-state index contributed by atoms with van der Waals surface area (Å²) < 4.78 is 2.17. The number of para-hydroxylation sites is 1. The fourth-order valence-electron chi connectivity index (χ4n) is 3.72. The normalized spacial score (nSPS) is 13.4. The molecule has 0 fully saturated rings. The molecule has 6 nitrogen and oxygen atoms in total. The number of benzene rings is 1. The average Bonchev–Trinajstić information content (AvgIpc) is 2.97. The van der Waals surface area contributed by atoms with Gasteiger partial charge in [-0.15, -0.1) is 11.3 Å². The summed E-state index contributed by atoms with van der Waals surface area (Å²) in [7, 11) is 3.96. The van der Waals surface area contributed by atoms with Crippen molar-refractivity contribution in [2.75, 3.05) is 24.0 Å². The first kappa shape index (κ1) is 19.3. The van der Waals surface area contributed by atoms with Crippen LogP contribution in [0.2, 0.25) is 0 Å². The SMILES string of the molecule is CN(C)c1ccnc2sc3c(=O)n(N(C4=CC=CCC=C4)c4ccccc4)cnc3c12. The Labute approximate surface area is 183 Å². The molecule has 1 aromatic carbocycles. The van der Waals surface area contributed by atoms with Gasteiger partial charge < -0.3 is 4.90 Å². The van der Waals surface area contributed by atoms with Crippen molar-refractivity contribution in [2.45, 2.75) is 6.42 Å². The van der Waals surface area contributed by atoms with E-state index in [0.717, 1.165) is 33.7 Å².